The topological polar surface area (TPSA) is 17.0 Å². The van der Waals surface area contributed by atoms with Crippen LogP contribution in [0.15, 0.2) is 28.7 Å². The molecule has 2 nitrogen and oxygen atoms in total. The Morgan fingerprint density at radius 1 is 1.31 bits per heavy atom. The molecule has 2 rings (SSSR count). The predicted molar refractivity (Wildman–Crippen MR) is 51.4 cm³/mol. The third kappa shape index (κ3) is 1.32. The van der Waals surface area contributed by atoms with Crippen molar-refractivity contribution in [1.29, 1.82) is 0 Å². The van der Waals surface area contributed by atoms with Crippen molar-refractivity contribution in [2.45, 2.75) is 26.8 Å². The van der Waals surface area contributed by atoms with Crippen LogP contribution in [0.2, 0.25) is 0 Å². The highest BCUT2D eigenvalue weighted by Gasteiger charge is 2.16. The zero-order chi connectivity index (χ0) is 9.26. The summed E-state index contributed by atoms with van der Waals surface area (Å²) >= 11 is 0. The number of aromatic nitrogens is 1. The molecule has 0 aliphatic heterocycles. The van der Waals surface area contributed by atoms with Gasteiger partial charge in [0.25, 0.3) is 5.52 Å². The fraction of sp³-hybridized carbons (Fsp3) is 0.364. The molecule has 0 radical (unpaired) electrons. The van der Waals surface area contributed by atoms with Crippen molar-refractivity contribution in [3.8, 4) is 0 Å². The Morgan fingerprint density at radius 3 is 2.85 bits per heavy atom. The SMILES string of the molecule is CCC[n+]1c(C)oc2ccccc21. The van der Waals surface area contributed by atoms with Crippen LogP contribution in [-0.2, 0) is 6.54 Å². The second-order valence-corrected chi connectivity index (χ2v) is 3.24. The first kappa shape index (κ1) is 8.30. The van der Waals surface area contributed by atoms with Crippen molar-refractivity contribution >= 4 is 11.1 Å². The Balaban J connectivity index is 2.64. The molecule has 0 atom stereocenters. The highest BCUT2D eigenvalue weighted by atomic mass is 16.3. The van der Waals surface area contributed by atoms with Gasteiger partial charge in [-0.25, -0.2) is 0 Å². The van der Waals surface area contributed by atoms with Gasteiger partial charge in [-0.3, -0.25) is 0 Å². The number of benzene rings is 1. The summed E-state index contributed by atoms with van der Waals surface area (Å²) in [6.45, 7) is 5.22. The van der Waals surface area contributed by atoms with E-state index in [0.717, 1.165) is 24.4 Å². The molecule has 68 valence electrons. The second-order valence-electron chi connectivity index (χ2n) is 3.24. The van der Waals surface area contributed by atoms with Gasteiger partial charge in [0.1, 0.15) is 0 Å². The first-order valence-corrected chi connectivity index (χ1v) is 4.71. The lowest BCUT2D eigenvalue weighted by atomic mass is 10.3. The first-order chi connectivity index (χ1) is 6.33. The van der Waals surface area contributed by atoms with Crippen molar-refractivity contribution < 1.29 is 8.98 Å². The number of oxazole rings is 1. The smallest absolute Gasteiger partial charge is 0.344 e. The Kier molecular flexibility index (Phi) is 2.05. The standard InChI is InChI=1S/C11H14NO/c1-3-8-12-9(2)13-11-7-5-4-6-10(11)12/h4-7H,3,8H2,1-2H3/q+1. The van der Waals surface area contributed by atoms with E-state index in [-0.39, 0.29) is 0 Å². The van der Waals surface area contributed by atoms with Crippen LogP contribution >= 0.6 is 0 Å². The lowest BCUT2D eigenvalue weighted by Gasteiger charge is -1.89. The summed E-state index contributed by atoms with van der Waals surface area (Å²) in [4.78, 5) is 0. The summed E-state index contributed by atoms with van der Waals surface area (Å²) in [5, 5.41) is 0. The zero-order valence-corrected chi connectivity index (χ0v) is 8.08. The summed E-state index contributed by atoms with van der Waals surface area (Å²) < 4.78 is 7.83. The summed E-state index contributed by atoms with van der Waals surface area (Å²) in [6.07, 6.45) is 1.13. The Labute approximate surface area is 77.8 Å². The van der Waals surface area contributed by atoms with Gasteiger partial charge >= 0.3 is 5.89 Å². The van der Waals surface area contributed by atoms with Crippen LogP contribution in [0.1, 0.15) is 19.2 Å². The van der Waals surface area contributed by atoms with Gasteiger partial charge in [0, 0.05) is 12.5 Å². The van der Waals surface area contributed by atoms with Gasteiger partial charge < -0.3 is 4.42 Å². The number of fused-ring (bicyclic) bond motifs is 1. The third-order valence-electron chi connectivity index (χ3n) is 2.24. The summed E-state index contributed by atoms with van der Waals surface area (Å²) in [7, 11) is 0. The lowest BCUT2D eigenvalue weighted by molar-refractivity contribution is -0.682. The van der Waals surface area contributed by atoms with Gasteiger partial charge in [-0.05, 0) is 6.07 Å². The van der Waals surface area contributed by atoms with Crippen molar-refractivity contribution in [3.63, 3.8) is 0 Å². The molecule has 1 heterocycles. The molecular weight excluding hydrogens is 162 g/mol. The minimum absolute atomic E-state index is 0.980. The van der Waals surface area contributed by atoms with E-state index in [0.29, 0.717) is 0 Å². The molecule has 1 aromatic carbocycles. The number of hydrogen-bond acceptors (Lipinski definition) is 1. The molecule has 0 spiro atoms. The van der Waals surface area contributed by atoms with E-state index >= 15 is 0 Å². The third-order valence-corrected chi connectivity index (χ3v) is 2.24. The molecular formula is C11H14NO+. The highest BCUT2D eigenvalue weighted by Crippen LogP contribution is 2.12. The normalized spacial score (nSPS) is 10.9. The molecule has 2 aromatic rings. The second kappa shape index (κ2) is 3.21. The van der Waals surface area contributed by atoms with Gasteiger partial charge in [-0.15, -0.1) is 0 Å². The Morgan fingerprint density at radius 2 is 2.08 bits per heavy atom. The maximum Gasteiger partial charge on any atom is 0.344 e. The molecule has 0 N–H and O–H groups in total. The zero-order valence-electron chi connectivity index (χ0n) is 8.08. The molecule has 13 heavy (non-hydrogen) atoms. The molecule has 0 amide bonds. The van der Waals surface area contributed by atoms with E-state index in [9.17, 15) is 0 Å². The minimum atomic E-state index is 0.980. The maximum atomic E-state index is 5.61. The molecule has 0 bridgehead atoms. The average Bonchev–Trinajstić information content (AvgIpc) is 2.44. The van der Waals surface area contributed by atoms with Crippen LogP contribution in [0.3, 0.4) is 0 Å². The van der Waals surface area contributed by atoms with Crippen molar-refractivity contribution in [2.75, 3.05) is 0 Å². The Hall–Kier alpha value is -1.31. The number of nitrogens with zero attached hydrogens (tertiary/aromatic N) is 1. The van der Waals surface area contributed by atoms with Crippen LogP contribution in [0, 0.1) is 6.92 Å². The molecule has 0 unspecified atom stereocenters. The maximum absolute atomic E-state index is 5.61. The number of hydrogen-bond donors (Lipinski definition) is 0. The molecule has 0 fully saturated rings. The molecule has 0 saturated heterocycles. The van der Waals surface area contributed by atoms with Gasteiger partial charge in [-0.1, -0.05) is 19.1 Å². The van der Waals surface area contributed by atoms with Gasteiger partial charge in [0.2, 0.25) is 5.58 Å². The van der Waals surface area contributed by atoms with Crippen LogP contribution in [-0.4, -0.2) is 0 Å². The van der Waals surface area contributed by atoms with E-state index in [2.05, 4.69) is 17.6 Å². The van der Waals surface area contributed by atoms with Crippen LogP contribution in [0.4, 0.5) is 0 Å². The summed E-state index contributed by atoms with van der Waals surface area (Å²) in [5.74, 6) is 0.989. The van der Waals surface area contributed by atoms with Crippen molar-refractivity contribution in [3.05, 3.63) is 30.2 Å². The Bertz CT molecular complexity index is 417. The van der Waals surface area contributed by atoms with E-state index in [1.54, 1.807) is 0 Å². The van der Waals surface area contributed by atoms with E-state index in [4.69, 9.17) is 4.42 Å². The first-order valence-electron chi connectivity index (χ1n) is 4.71. The predicted octanol–water partition coefficient (Wildman–Crippen LogP) is 2.44. The van der Waals surface area contributed by atoms with Gasteiger partial charge in [0.15, 0.2) is 6.54 Å². The lowest BCUT2D eigenvalue weighted by Crippen LogP contribution is -2.34. The fourth-order valence-electron chi connectivity index (χ4n) is 1.65. The van der Waals surface area contributed by atoms with Crippen LogP contribution < -0.4 is 4.57 Å². The van der Waals surface area contributed by atoms with E-state index in [1.807, 2.05) is 25.1 Å². The molecule has 0 aliphatic rings. The average molecular weight is 176 g/mol. The van der Waals surface area contributed by atoms with Crippen LogP contribution in [0.5, 0.6) is 0 Å². The highest BCUT2D eigenvalue weighted by molar-refractivity contribution is 5.68. The molecule has 0 aliphatic carbocycles. The van der Waals surface area contributed by atoms with Crippen molar-refractivity contribution in [1.82, 2.24) is 0 Å². The number of aryl methyl sites for hydroxylation is 2. The summed E-state index contributed by atoms with van der Waals surface area (Å²) in [5.41, 5.74) is 2.18. The molecule has 2 heteroatoms. The van der Waals surface area contributed by atoms with Gasteiger partial charge in [0.05, 0.1) is 6.92 Å². The van der Waals surface area contributed by atoms with E-state index < -0.39 is 0 Å². The minimum Gasteiger partial charge on any atom is -0.402 e. The molecule has 1 aromatic heterocycles. The summed E-state index contributed by atoms with van der Waals surface area (Å²) in [6, 6.07) is 8.15. The van der Waals surface area contributed by atoms with Crippen molar-refractivity contribution in [2.24, 2.45) is 0 Å². The van der Waals surface area contributed by atoms with E-state index in [1.165, 1.54) is 5.52 Å². The van der Waals surface area contributed by atoms with Crippen LogP contribution in [0.25, 0.3) is 11.1 Å². The molecule has 0 saturated carbocycles. The fourth-order valence-corrected chi connectivity index (χ4v) is 1.65. The quantitative estimate of drug-likeness (QED) is 0.642. The largest absolute Gasteiger partial charge is 0.402 e. The monoisotopic (exact) mass is 176 g/mol. The number of rotatable bonds is 2. The van der Waals surface area contributed by atoms with Gasteiger partial charge in [-0.2, -0.15) is 4.57 Å². The number of para-hydroxylation sites is 2.